The van der Waals surface area contributed by atoms with E-state index in [0.717, 1.165) is 11.3 Å². The fourth-order valence-electron chi connectivity index (χ4n) is 1.93. The Morgan fingerprint density at radius 3 is 2.47 bits per heavy atom. The van der Waals surface area contributed by atoms with Gasteiger partial charge in [-0.2, -0.15) is 0 Å². The SMILES string of the molecule is COc1ccc(C(=O)c2cc(N)cc(Cl)c2)cc1C. The summed E-state index contributed by atoms with van der Waals surface area (Å²) >= 11 is 5.91. The van der Waals surface area contributed by atoms with Gasteiger partial charge in [-0.15, -0.1) is 0 Å². The zero-order chi connectivity index (χ0) is 14.0. The number of nitrogens with two attached hydrogens (primary N) is 1. The summed E-state index contributed by atoms with van der Waals surface area (Å²) in [6.07, 6.45) is 0. The Hall–Kier alpha value is -2.00. The average molecular weight is 276 g/mol. The molecule has 0 aliphatic rings. The fourth-order valence-corrected chi connectivity index (χ4v) is 2.17. The van der Waals surface area contributed by atoms with Crippen LogP contribution >= 0.6 is 11.6 Å². The van der Waals surface area contributed by atoms with E-state index in [4.69, 9.17) is 22.1 Å². The van der Waals surface area contributed by atoms with Gasteiger partial charge in [0.1, 0.15) is 5.75 Å². The molecular formula is C15H14ClNO2. The summed E-state index contributed by atoms with van der Waals surface area (Å²) in [7, 11) is 1.60. The van der Waals surface area contributed by atoms with E-state index < -0.39 is 0 Å². The number of nitrogen functional groups attached to an aromatic ring is 1. The smallest absolute Gasteiger partial charge is 0.193 e. The molecule has 0 spiro atoms. The molecule has 19 heavy (non-hydrogen) atoms. The van der Waals surface area contributed by atoms with E-state index in [1.807, 2.05) is 6.92 Å². The molecule has 0 aromatic heterocycles. The minimum absolute atomic E-state index is 0.111. The van der Waals surface area contributed by atoms with Crippen LogP contribution < -0.4 is 10.5 Å². The molecule has 0 saturated heterocycles. The largest absolute Gasteiger partial charge is 0.496 e. The third kappa shape index (κ3) is 2.88. The zero-order valence-corrected chi connectivity index (χ0v) is 11.5. The van der Waals surface area contributed by atoms with Gasteiger partial charge in [-0.3, -0.25) is 4.79 Å². The van der Waals surface area contributed by atoms with Crippen molar-refractivity contribution in [3.8, 4) is 5.75 Å². The summed E-state index contributed by atoms with van der Waals surface area (Å²) in [4.78, 5) is 12.3. The molecule has 0 unspecified atom stereocenters. The fraction of sp³-hybridized carbons (Fsp3) is 0.133. The van der Waals surface area contributed by atoms with E-state index in [1.165, 1.54) is 0 Å². The molecule has 0 aliphatic carbocycles. The van der Waals surface area contributed by atoms with E-state index in [0.29, 0.717) is 21.8 Å². The monoisotopic (exact) mass is 275 g/mol. The first-order valence-electron chi connectivity index (χ1n) is 5.76. The summed E-state index contributed by atoms with van der Waals surface area (Å²) in [5, 5.41) is 0.452. The van der Waals surface area contributed by atoms with Crippen molar-refractivity contribution in [1.29, 1.82) is 0 Å². The minimum atomic E-state index is -0.111. The van der Waals surface area contributed by atoms with Crippen LogP contribution in [0.3, 0.4) is 0 Å². The third-order valence-electron chi connectivity index (χ3n) is 2.84. The predicted molar refractivity (Wildman–Crippen MR) is 77.0 cm³/mol. The molecule has 0 heterocycles. The highest BCUT2D eigenvalue weighted by Gasteiger charge is 2.12. The first-order chi connectivity index (χ1) is 9.01. The van der Waals surface area contributed by atoms with Gasteiger partial charge in [0.05, 0.1) is 7.11 Å². The molecule has 0 amide bonds. The van der Waals surface area contributed by atoms with Crippen LogP contribution in [0.25, 0.3) is 0 Å². The minimum Gasteiger partial charge on any atom is -0.496 e. The van der Waals surface area contributed by atoms with Crippen LogP contribution in [0.4, 0.5) is 5.69 Å². The number of carbonyl (C=O) groups is 1. The molecule has 3 nitrogen and oxygen atoms in total. The normalized spacial score (nSPS) is 10.3. The van der Waals surface area contributed by atoms with Crippen LogP contribution in [0.15, 0.2) is 36.4 Å². The van der Waals surface area contributed by atoms with E-state index in [9.17, 15) is 4.79 Å². The summed E-state index contributed by atoms with van der Waals surface area (Å²) in [6.45, 7) is 1.89. The van der Waals surface area contributed by atoms with Gasteiger partial charge in [0, 0.05) is 21.8 Å². The van der Waals surface area contributed by atoms with Gasteiger partial charge in [0.25, 0.3) is 0 Å². The third-order valence-corrected chi connectivity index (χ3v) is 3.06. The van der Waals surface area contributed by atoms with Gasteiger partial charge in [-0.25, -0.2) is 0 Å². The Bertz CT molecular complexity index is 618. The van der Waals surface area contributed by atoms with E-state index in [2.05, 4.69) is 0 Å². The molecule has 2 rings (SSSR count). The quantitative estimate of drug-likeness (QED) is 0.689. The maximum atomic E-state index is 12.3. The van der Waals surface area contributed by atoms with Gasteiger partial charge in [-0.1, -0.05) is 11.6 Å². The second-order valence-electron chi connectivity index (χ2n) is 4.29. The Labute approximate surface area is 117 Å². The number of ether oxygens (including phenoxy) is 1. The lowest BCUT2D eigenvalue weighted by Crippen LogP contribution is -2.03. The van der Waals surface area contributed by atoms with Crippen molar-refractivity contribution >= 4 is 23.1 Å². The number of benzene rings is 2. The number of ketones is 1. The van der Waals surface area contributed by atoms with Crippen molar-refractivity contribution in [3.63, 3.8) is 0 Å². The number of aryl methyl sites for hydroxylation is 1. The molecule has 0 aliphatic heterocycles. The van der Waals surface area contributed by atoms with Crippen LogP contribution in [-0.4, -0.2) is 12.9 Å². The molecule has 98 valence electrons. The Balaban J connectivity index is 2.41. The first kappa shape index (κ1) is 13.4. The lowest BCUT2D eigenvalue weighted by molar-refractivity contribution is 0.103. The first-order valence-corrected chi connectivity index (χ1v) is 6.14. The number of carbonyl (C=O) groups excluding carboxylic acids is 1. The lowest BCUT2D eigenvalue weighted by Gasteiger charge is -2.07. The van der Waals surface area contributed by atoms with Crippen molar-refractivity contribution < 1.29 is 9.53 Å². The van der Waals surface area contributed by atoms with Crippen molar-refractivity contribution in [2.75, 3.05) is 12.8 Å². The van der Waals surface area contributed by atoms with Gasteiger partial charge in [-0.05, 0) is 48.9 Å². The van der Waals surface area contributed by atoms with Crippen LogP contribution in [-0.2, 0) is 0 Å². The summed E-state index contributed by atoms with van der Waals surface area (Å²) < 4.78 is 5.17. The number of anilines is 1. The second-order valence-corrected chi connectivity index (χ2v) is 4.72. The standard InChI is InChI=1S/C15H14ClNO2/c1-9-5-10(3-4-14(9)19-2)15(18)11-6-12(16)8-13(17)7-11/h3-8H,17H2,1-2H3. The van der Waals surface area contributed by atoms with Crippen LogP contribution in [0.5, 0.6) is 5.75 Å². The van der Waals surface area contributed by atoms with Crippen LogP contribution in [0.1, 0.15) is 21.5 Å². The number of rotatable bonds is 3. The van der Waals surface area contributed by atoms with Gasteiger partial charge in [0.15, 0.2) is 5.78 Å². The van der Waals surface area contributed by atoms with Gasteiger partial charge < -0.3 is 10.5 Å². The van der Waals surface area contributed by atoms with Crippen molar-refractivity contribution in [2.45, 2.75) is 6.92 Å². The molecule has 0 bridgehead atoms. The molecule has 2 aromatic rings. The molecule has 0 atom stereocenters. The average Bonchev–Trinajstić information content (AvgIpc) is 2.36. The Kier molecular flexibility index (Phi) is 3.76. The van der Waals surface area contributed by atoms with Crippen molar-refractivity contribution in [1.82, 2.24) is 0 Å². The molecule has 2 aromatic carbocycles. The number of methoxy groups -OCH3 is 1. The van der Waals surface area contributed by atoms with Gasteiger partial charge >= 0.3 is 0 Å². The number of hydrogen-bond acceptors (Lipinski definition) is 3. The molecule has 0 fully saturated rings. The Morgan fingerprint density at radius 1 is 1.16 bits per heavy atom. The summed E-state index contributed by atoms with van der Waals surface area (Å²) in [6, 6.07) is 10.1. The summed E-state index contributed by atoms with van der Waals surface area (Å²) in [5.41, 5.74) is 8.14. The summed E-state index contributed by atoms with van der Waals surface area (Å²) in [5.74, 6) is 0.641. The molecule has 2 N–H and O–H groups in total. The molecule has 0 saturated carbocycles. The molecule has 0 radical (unpaired) electrons. The topological polar surface area (TPSA) is 52.3 Å². The maximum Gasteiger partial charge on any atom is 0.193 e. The second kappa shape index (κ2) is 5.33. The Morgan fingerprint density at radius 2 is 1.89 bits per heavy atom. The highest BCUT2D eigenvalue weighted by Crippen LogP contribution is 2.23. The van der Waals surface area contributed by atoms with Crippen molar-refractivity contribution in [2.24, 2.45) is 0 Å². The maximum absolute atomic E-state index is 12.3. The van der Waals surface area contributed by atoms with Crippen LogP contribution in [0, 0.1) is 6.92 Å². The van der Waals surface area contributed by atoms with Crippen LogP contribution in [0.2, 0.25) is 5.02 Å². The number of halogens is 1. The number of hydrogen-bond donors (Lipinski definition) is 1. The highest BCUT2D eigenvalue weighted by molar-refractivity contribution is 6.31. The van der Waals surface area contributed by atoms with E-state index in [-0.39, 0.29) is 5.78 Å². The lowest BCUT2D eigenvalue weighted by atomic mass is 10.0. The molecular weight excluding hydrogens is 262 g/mol. The predicted octanol–water partition coefficient (Wildman–Crippen LogP) is 3.47. The zero-order valence-electron chi connectivity index (χ0n) is 10.7. The van der Waals surface area contributed by atoms with E-state index >= 15 is 0 Å². The highest BCUT2D eigenvalue weighted by atomic mass is 35.5. The van der Waals surface area contributed by atoms with Crippen molar-refractivity contribution in [3.05, 3.63) is 58.1 Å². The molecule has 4 heteroatoms. The van der Waals surface area contributed by atoms with Gasteiger partial charge in [0.2, 0.25) is 0 Å². The van der Waals surface area contributed by atoms with E-state index in [1.54, 1.807) is 43.5 Å².